The van der Waals surface area contributed by atoms with Crippen LogP contribution in [0, 0.1) is 48.5 Å². The number of aromatic nitrogens is 1. The zero-order valence-electron chi connectivity index (χ0n) is 83.0. The maximum Gasteiger partial charge on any atom is 0.247 e. The lowest BCUT2D eigenvalue weighted by atomic mass is 9.34. The summed E-state index contributed by atoms with van der Waals surface area (Å²) in [7, 11) is 0. The summed E-state index contributed by atoms with van der Waals surface area (Å²) in [6, 6.07) is 101. The number of benzene rings is 14. The van der Waals surface area contributed by atoms with Gasteiger partial charge in [-0.05, 0) is 324 Å². The van der Waals surface area contributed by atoms with Crippen molar-refractivity contribution in [3.05, 3.63) is 332 Å². The maximum absolute atomic E-state index is 2.66. The molecule has 0 unspecified atom stereocenters. The van der Waals surface area contributed by atoms with Crippen LogP contribution in [-0.2, 0) is 21.7 Å². The van der Waals surface area contributed by atoms with Crippen molar-refractivity contribution in [3.63, 3.8) is 0 Å². The standard InChI is InChI=1S/C131H142BN/c1-16-20-24-28-32-42-66-130(67-43-33-29-25-21-17-2)112-48-38-36-46-102(112)108-63-54-94(82-118(108)130)92-52-59-104-106-61-56-96(80-116(106)128(12,13)114(104)78-92)99-72-86(6)124(87(7)73-99)98-58-65-122-110(76-98)111-77-101(84-121-127(111)133(122)123-51-41-40-50-120(123)132(121)126-90(10)70-85(5)71-91(126)11)125-88(8)74-100(75-89(125)9)97-57-62-107-105-60-53-93(79-115(105)129(14,15)117(107)81-97)95-55-64-109-103-47-37-39-49-113(103)131(119(109)83-95,68-44-34-30-26-22-18-3)69-45-35-31-27-23-19-4/h36-41,46-65,70-84H,16-35,42-45,66-69H2,1-15H3. The predicted octanol–water partition coefficient (Wildman–Crippen LogP) is 35.9. The van der Waals surface area contributed by atoms with Gasteiger partial charge >= 0.3 is 0 Å². The fraction of sp³-hybridized carbons (Fsp3) is 0.359. The number of nitrogens with zero attached hydrogens (tertiary/aromatic N) is 1. The van der Waals surface area contributed by atoms with Gasteiger partial charge in [-0.2, -0.15) is 0 Å². The van der Waals surface area contributed by atoms with Crippen molar-refractivity contribution in [1.29, 1.82) is 0 Å². The first-order chi connectivity index (χ1) is 64.7. The quantitative estimate of drug-likeness (QED) is 0.0276. The fourth-order valence-electron chi connectivity index (χ4n) is 26.8. The van der Waals surface area contributed by atoms with E-state index in [0.29, 0.717) is 0 Å². The second-order valence-corrected chi connectivity index (χ2v) is 42.9. The minimum absolute atomic E-state index is 0.0264. The Labute approximate surface area is 798 Å². The van der Waals surface area contributed by atoms with E-state index in [0.717, 1.165) is 0 Å². The van der Waals surface area contributed by atoms with Gasteiger partial charge in [0, 0.05) is 43.6 Å². The Morgan fingerprint density at radius 2 is 0.556 bits per heavy atom. The Morgan fingerprint density at radius 1 is 0.241 bits per heavy atom. The van der Waals surface area contributed by atoms with Gasteiger partial charge in [0.15, 0.2) is 0 Å². The van der Waals surface area contributed by atoms with Gasteiger partial charge in [-0.25, -0.2) is 0 Å². The van der Waals surface area contributed by atoms with Gasteiger partial charge in [-0.1, -0.05) is 420 Å². The monoisotopic (exact) mass is 1740 g/mol. The van der Waals surface area contributed by atoms with Gasteiger partial charge in [0.05, 0.1) is 5.52 Å². The number of rotatable bonds is 35. The van der Waals surface area contributed by atoms with Crippen LogP contribution in [0.25, 0.3) is 139 Å². The molecule has 0 N–H and O–H groups in total. The first kappa shape index (κ1) is 89.8. The van der Waals surface area contributed by atoms with Gasteiger partial charge in [-0.3, -0.25) is 0 Å². The molecule has 4 aliphatic carbocycles. The van der Waals surface area contributed by atoms with Crippen LogP contribution in [0.5, 0.6) is 0 Å². The molecule has 0 bridgehead atoms. The van der Waals surface area contributed by atoms with Crippen molar-refractivity contribution in [2.45, 2.75) is 305 Å². The lowest BCUT2D eigenvalue weighted by molar-refractivity contribution is 0.398. The zero-order valence-corrected chi connectivity index (χ0v) is 83.0. The summed E-state index contributed by atoms with van der Waals surface area (Å²) in [5, 5.41) is 2.59. The highest BCUT2D eigenvalue weighted by Gasteiger charge is 2.46. The van der Waals surface area contributed by atoms with Crippen molar-refractivity contribution < 1.29 is 0 Å². The highest BCUT2D eigenvalue weighted by atomic mass is 15.0. The van der Waals surface area contributed by atoms with Crippen molar-refractivity contribution in [3.8, 4) is 117 Å². The van der Waals surface area contributed by atoms with E-state index in [1.54, 1.807) is 22.3 Å². The number of hydrogen-bond donors (Lipinski definition) is 0. The van der Waals surface area contributed by atoms with Gasteiger partial charge in [0.25, 0.3) is 0 Å². The van der Waals surface area contributed by atoms with E-state index in [2.05, 4.69) is 357 Å². The van der Waals surface area contributed by atoms with Crippen LogP contribution in [0.1, 0.15) is 319 Å². The number of hydrogen-bond acceptors (Lipinski definition) is 0. The average Bonchev–Trinajstić information content (AvgIpc) is 1.54. The van der Waals surface area contributed by atoms with Crippen molar-refractivity contribution in [2.24, 2.45) is 0 Å². The van der Waals surface area contributed by atoms with Crippen LogP contribution in [0.2, 0.25) is 0 Å². The summed E-state index contributed by atoms with van der Waals surface area (Å²) in [6.45, 7) is 35.7. The number of aryl methyl sites for hydroxylation is 7. The first-order valence-electron chi connectivity index (χ1n) is 52.3. The van der Waals surface area contributed by atoms with E-state index in [9.17, 15) is 0 Å². The normalized spacial score (nSPS) is 14.4. The van der Waals surface area contributed by atoms with Crippen LogP contribution in [-0.4, -0.2) is 11.3 Å². The zero-order chi connectivity index (χ0) is 91.8. The predicted molar refractivity (Wildman–Crippen MR) is 577 cm³/mol. The van der Waals surface area contributed by atoms with Crippen LogP contribution in [0.3, 0.4) is 0 Å². The second-order valence-electron chi connectivity index (χ2n) is 42.9. The molecule has 5 aliphatic rings. The van der Waals surface area contributed by atoms with Crippen molar-refractivity contribution >= 4 is 44.9 Å². The van der Waals surface area contributed by atoms with Gasteiger partial charge in [0.1, 0.15) is 0 Å². The van der Waals surface area contributed by atoms with E-state index >= 15 is 0 Å². The Bertz CT molecular complexity index is 6890. The molecule has 1 nitrogen and oxygen atoms in total. The van der Waals surface area contributed by atoms with E-state index in [1.165, 1.54) is 396 Å². The highest BCUT2D eigenvalue weighted by molar-refractivity contribution is 6.98. The summed E-state index contributed by atoms with van der Waals surface area (Å²) in [5.41, 5.74) is 55.7. The van der Waals surface area contributed by atoms with E-state index in [4.69, 9.17) is 0 Å². The smallest absolute Gasteiger partial charge is 0.247 e. The van der Waals surface area contributed by atoms with E-state index < -0.39 is 0 Å². The van der Waals surface area contributed by atoms with Gasteiger partial charge < -0.3 is 4.57 Å². The largest absolute Gasteiger partial charge is 0.310 e. The highest BCUT2D eigenvalue weighted by Crippen LogP contribution is 2.60. The molecule has 1 aliphatic heterocycles. The molecule has 0 radical (unpaired) electrons. The number of fused-ring (bicyclic) bond motifs is 17. The third kappa shape index (κ3) is 15.8. The van der Waals surface area contributed by atoms with Crippen LogP contribution in [0.4, 0.5) is 0 Å². The Morgan fingerprint density at radius 3 is 0.955 bits per heavy atom. The lowest BCUT2D eigenvalue weighted by Crippen LogP contribution is -2.57. The second kappa shape index (κ2) is 37.0. The van der Waals surface area contributed by atoms with Crippen molar-refractivity contribution in [1.82, 2.24) is 4.57 Å². The molecule has 1 aromatic heterocycles. The van der Waals surface area contributed by atoms with Crippen LogP contribution in [0.15, 0.2) is 249 Å². The molecule has 0 amide bonds. The Balaban J connectivity index is 0.617. The molecule has 15 aromatic rings. The van der Waals surface area contributed by atoms with E-state index in [-0.39, 0.29) is 28.4 Å². The number of unbranched alkanes of at least 4 members (excludes halogenated alkanes) is 20. The summed E-state index contributed by atoms with van der Waals surface area (Å²) >= 11 is 0. The molecular weight excluding hydrogens is 1600 g/mol. The third-order valence-corrected chi connectivity index (χ3v) is 33.4. The molecular formula is C131H142BN. The first-order valence-corrected chi connectivity index (χ1v) is 52.3. The minimum Gasteiger partial charge on any atom is -0.310 e. The van der Waals surface area contributed by atoms with Crippen LogP contribution < -0.4 is 16.4 Å². The third-order valence-electron chi connectivity index (χ3n) is 33.4. The fourth-order valence-corrected chi connectivity index (χ4v) is 26.8. The van der Waals surface area contributed by atoms with Gasteiger partial charge in [-0.15, -0.1) is 0 Å². The Hall–Kier alpha value is -11.1. The van der Waals surface area contributed by atoms with Gasteiger partial charge in [0.2, 0.25) is 6.71 Å². The summed E-state index contributed by atoms with van der Waals surface area (Å²) in [4.78, 5) is 0. The molecule has 133 heavy (non-hydrogen) atoms. The average molecular weight is 1740 g/mol. The van der Waals surface area contributed by atoms with E-state index in [1.807, 2.05) is 0 Å². The molecule has 2 heterocycles. The molecule has 2 heteroatoms. The summed E-state index contributed by atoms with van der Waals surface area (Å²) in [6.07, 6.45) is 36.7. The lowest BCUT2D eigenvalue weighted by Gasteiger charge is -2.33. The molecule has 0 atom stereocenters. The summed E-state index contributed by atoms with van der Waals surface area (Å²) < 4.78 is 2.63. The molecule has 14 aromatic carbocycles. The SMILES string of the molecule is CCCCCCCCC1(CCCCCCCC)c2ccccc2-c2ccc(-c3ccc4c(c3)C(C)(C)c3cc(-c5cc(C)c(-c6ccc7c(c6)c6cc(-c8c(C)cc(-c9ccc%10c(c9)C(C)(C)c9cc(-c%11ccc%12c(c%11)C(CCCCCCCC)(CCCCCCCC)c%11ccccc%11-%12)ccc9-%10)cc8C)cc8c6n7-c6ccccc6B8c6c(C)cc(C)cc6C)c(C)c5)ccc3-4)cc21. The maximum atomic E-state index is 2.66. The molecule has 674 valence electrons. The molecule has 0 spiro atoms. The van der Waals surface area contributed by atoms with Crippen LogP contribution >= 0.6 is 0 Å². The molecule has 0 saturated heterocycles. The topological polar surface area (TPSA) is 4.93 Å². The molecule has 0 saturated carbocycles. The molecule has 0 fully saturated rings. The summed E-state index contributed by atoms with van der Waals surface area (Å²) in [5.74, 6) is 0. The molecule has 20 rings (SSSR count). The number of para-hydroxylation sites is 1. The minimum atomic E-state index is -0.206. The van der Waals surface area contributed by atoms with Crippen molar-refractivity contribution in [2.75, 3.05) is 0 Å². The Kier molecular flexibility index (Phi) is 25.0.